The highest BCUT2D eigenvalue weighted by Crippen LogP contribution is 2.41. The predicted molar refractivity (Wildman–Crippen MR) is 114 cm³/mol. The van der Waals surface area contributed by atoms with Gasteiger partial charge in [-0.3, -0.25) is 14.4 Å². The highest BCUT2D eigenvalue weighted by Gasteiger charge is 2.47. The normalized spacial score (nSPS) is 24.1. The van der Waals surface area contributed by atoms with Crippen LogP contribution in [-0.4, -0.2) is 65.8 Å². The van der Waals surface area contributed by atoms with Crippen molar-refractivity contribution in [3.05, 3.63) is 35.4 Å². The average Bonchev–Trinajstić information content (AvgIpc) is 3.54. The number of piperidine rings is 1. The highest BCUT2D eigenvalue weighted by atomic mass is 16.2. The van der Waals surface area contributed by atoms with Crippen LogP contribution in [0.1, 0.15) is 61.5 Å². The smallest absolute Gasteiger partial charge is 0.255 e. The van der Waals surface area contributed by atoms with Gasteiger partial charge in [-0.15, -0.1) is 0 Å². The number of hydrogen-bond acceptors (Lipinski definition) is 4. The standard InChI is InChI=1S/C23H32N4O3/c1-15(2)26-11-5-6-16(14-26)12-24-20(28)13-25-22(29)21-18-7-3-4-8-19(18)23(30)27(21)17-9-10-17/h3-4,7-8,15-17,21H,5-6,9-14H2,1-2H3,(H,24,28)(H,25,29). The third-order valence-electron chi connectivity index (χ3n) is 6.48. The molecule has 1 saturated carbocycles. The Hall–Kier alpha value is -2.41. The van der Waals surface area contributed by atoms with Gasteiger partial charge in [0.2, 0.25) is 11.8 Å². The average molecular weight is 413 g/mol. The van der Waals surface area contributed by atoms with Gasteiger partial charge in [0.1, 0.15) is 6.04 Å². The Morgan fingerprint density at radius 2 is 1.90 bits per heavy atom. The molecule has 3 aliphatic rings. The fraction of sp³-hybridized carbons (Fsp3) is 0.609. The van der Waals surface area contributed by atoms with Gasteiger partial charge >= 0.3 is 0 Å². The molecular formula is C23H32N4O3. The van der Waals surface area contributed by atoms with Gasteiger partial charge < -0.3 is 20.4 Å². The van der Waals surface area contributed by atoms with Crippen molar-refractivity contribution in [2.24, 2.45) is 5.92 Å². The lowest BCUT2D eigenvalue weighted by Crippen LogP contribution is -2.46. The van der Waals surface area contributed by atoms with Crippen LogP contribution in [0.5, 0.6) is 0 Å². The molecular weight excluding hydrogens is 380 g/mol. The summed E-state index contributed by atoms with van der Waals surface area (Å²) in [6, 6.07) is 7.30. The van der Waals surface area contributed by atoms with E-state index in [1.165, 1.54) is 0 Å². The molecule has 2 aliphatic heterocycles. The molecule has 0 radical (unpaired) electrons. The van der Waals surface area contributed by atoms with Crippen LogP contribution in [-0.2, 0) is 9.59 Å². The highest BCUT2D eigenvalue weighted by molar-refractivity contribution is 6.05. The zero-order valence-electron chi connectivity index (χ0n) is 17.9. The van der Waals surface area contributed by atoms with Crippen molar-refractivity contribution < 1.29 is 14.4 Å². The molecule has 7 nitrogen and oxygen atoms in total. The molecule has 2 heterocycles. The molecule has 3 amide bonds. The van der Waals surface area contributed by atoms with E-state index in [0.717, 1.165) is 44.3 Å². The van der Waals surface area contributed by atoms with Crippen LogP contribution in [0.2, 0.25) is 0 Å². The Labute approximate surface area is 178 Å². The van der Waals surface area contributed by atoms with Crippen molar-refractivity contribution >= 4 is 17.7 Å². The Morgan fingerprint density at radius 1 is 1.13 bits per heavy atom. The molecule has 0 spiro atoms. The van der Waals surface area contributed by atoms with Gasteiger partial charge in [-0.1, -0.05) is 18.2 Å². The Morgan fingerprint density at radius 3 is 2.63 bits per heavy atom. The van der Waals surface area contributed by atoms with Crippen molar-refractivity contribution in [3.63, 3.8) is 0 Å². The molecule has 2 atom stereocenters. The Balaban J connectivity index is 1.30. The van der Waals surface area contributed by atoms with Crippen LogP contribution >= 0.6 is 0 Å². The molecule has 1 aromatic rings. The SMILES string of the molecule is CC(C)N1CCCC(CNC(=O)CNC(=O)C2c3ccccc3C(=O)N2C2CC2)C1. The predicted octanol–water partition coefficient (Wildman–Crippen LogP) is 1.70. The molecule has 2 unspecified atom stereocenters. The van der Waals surface area contributed by atoms with Crippen LogP contribution in [0, 0.1) is 5.92 Å². The van der Waals surface area contributed by atoms with Crippen molar-refractivity contribution in [3.8, 4) is 0 Å². The van der Waals surface area contributed by atoms with Gasteiger partial charge in [-0.25, -0.2) is 0 Å². The second kappa shape index (κ2) is 8.76. The van der Waals surface area contributed by atoms with E-state index < -0.39 is 6.04 Å². The van der Waals surface area contributed by atoms with Gasteiger partial charge in [-0.05, 0) is 63.6 Å². The van der Waals surface area contributed by atoms with E-state index in [1.807, 2.05) is 18.2 Å². The van der Waals surface area contributed by atoms with Crippen molar-refractivity contribution in [2.45, 2.75) is 57.7 Å². The van der Waals surface area contributed by atoms with Gasteiger partial charge in [0, 0.05) is 30.7 Å². The quantitative estimate of drug-likeness (QED) is 0.714. The number of fused-ring (bicyclic) bond motifs is 1. The van der Waals surface area contributed by atoms with Crippen LogP contribution in [0.4, 0.5) is 0 Å². The number of amides is 3. The lowest BCUT2D eigenvalue weighted by atomic mass is 9.97. The summed E-state index contributed by atoms with van der Waals surface area (Å²) in [5.74, 6) is -0.0882. The van der Waals surface area contributed by atoms with Crippen LogP contribution in [0.3, 0.4) is 0 Å². The summed E-state index contributed by atoms with van der Waals surface area (Å²) in [5.41, 5.74) is 1.34. The first-order chi connectivity index (χ1) is 14.5. The van der Waals surface area contributed by atoms with Gasteiger partial charge in [0.05, 0.1) is 6.54 Å². The van der Waals surface area contributed by atoms with E-state index in [9.17, 15) is 14.4 Å². The molecule has 0 aromatic heterocycles. The number of hydrogen-bond donors (Lipinski definition) is 2. The molecule has 1 aliphatic carbocycles. The summed E-state index contributed by atoms with van der Waals surface area (Å²) in [6.45, 7) is 7.10. The van der Waals surface area contributed by atoms with Crippen LogP contribution in [0.15, 0.2) is 24.3 Å². The first kappa shape index (κ1) is 20.8. The van der Waals surface area contributed by atoms with Crippen molar-refractivity contribution in [1.82, 2.24) is 20.4 Å². The van der Waals surface area contributed by atoms with E-state index in [2.05, 4.69) is 29.4 Å². The number of likely N-dealkylation sites (tertiary alicyclic amines) is 1. The fourth-order valence-corrected chi connectivity index (χ4v) is 4.65. The third kappa shape index (κ3) is 4.36. The first-order valence-corrected chi connectivity index (χ1v) is 11.2. The van der Waals surface area contributed by atoms with E-state index in [0.29, 0.717) is 24.1 Å². The lowest BCUT2D eigenvalue weighted by Gasteiger charge is -2.35. The number of rotatable bonds is 7. The Kier molecular flexibility index (Phi) is 6.09. The summed E-state index contributed by atoms with van der Waals surface area (Å²) >= 11 is 0. The third-order valence-corrected chi connectivity index (χ3v) is 6.48. The number of benzene rings is 1. The monoisotopic (exact) mass is 412 g/mol. The van der Waals surface area contributed by atoms with Crippen LogP contribution in [0.25, 0.3) is 0 Å². The zero-order chi connectivity index (χ0) is 21.3. The van der Waals surface area contributed by atoms with Crippen LogP contribution < -0.4 is 10.6 Å². The molecule has 0 bridgehead atoms. The maximum absolute atomic E-state index is 12.9. The van der Waals surface area contributed by atoms with E-state index in [4.69, 9.17) is 0 Å². The summed E-state index contributed by atoms with van der Waals surface area (Å²) in [7, 11) is 0. The topological polar surface area (TPSA) is 81.8 Å². The lowest BCUT2D eigenvalue weighted by molar-refractivity contribution is -0.129. The fourth-order valence-electron chi connectivity index (χ4n) is 4.65. The summed E-state index contributed by atoms with van der Waals surface area (Å²) < 4.78 is 0. The van der Waals surface area contributed by atoms with Crippen molar-refractivity contribution in [1.29, 1.82) is 0 Å². The molecule has 162 valence electrons. The van der Waals surface area contributed by atoms with Gasteiger partial charge in [0.15, 0.2) is 0 Å². The molecule has 2 fully saturated rings. The summed E-state index contributed by atoms with van der Waals surface area (Å²) in [4.78, 5) is 42.2. The molecule has 1 aromatic carbocycles. The molecule has 30 heavy (non-hydrogen) atoms. The maximum atomic E-state index is 12.9. The number of carbonyl (C=O) groups excluding carboxylic acids is 3. The molecule has 2 N–H and O–H groups in total. The molecule has 4 rings (SSSR count). The number of carbonyl (C=O) groups is 3. The van der Waals surface area contributed by atoms with E-state index in [-0.39, 0.29) is 30.3 Å². The number of nitrogens with one attached hydrogen (secondary N) is 2. The largest absolute Gasteiger partial charge is 0.354 e. The van der Waals surface area contributed by atoms with Gasteiger partial charge in [-0.2, -0.15) is 0 Å². The summed E-state index contributed by atoms with van der Waals surface area (Å²) in [5, 5.41) is 5.73. The second-order valence-corrected chi connectivity index (χ2v) is 9.05. The van der Waals surface area contributed by atoms with E-state index >= 15 is 0 Å². The minimum Gasteiger partial charge on any atom is -0.354 e. The zero-order valence-corrected chi connectivity index (χ0v) is 17.9. The molecule has 1 saturated heterocycles. The van der Waals surface area contributed by atoms with E-state index in [1.54, 1.807) is 11.0 Å². The maximum Gasteiger partial charge on any atom is 0.255 e. The minimum absolute atomic E-state index is 0.0647. The second-order valence-electron chi connectivity index (χ2n) is 9.05. The number of nitrogens with zero attached hydrogens (tertiary/aromatic N) is 2. The van der Waals surface area contributed by atoms with Gasteiger partial charge in [0.25, 0.3) is 5.91 Å². The van der Waals surface area contributed by atoms with Crippen molar-refractivity contribution in [2.75, 3.05) is 26.2 Å². The minimum atomic E-state index is -0.632. The summed E-state index contributed by atoms with van der Waals surface area (Å²) in [6.07, 6.45) is 4.13. The molecule has 7 heteroatoms. The Bertz CT molecular complexity index is 820. The first-order valence-electron chi connectivity index (χ1n) is 11.2.